The molecule has 0 saturated heterocycles. The first kappa shape index (κ1) is 10.1. The van der Waals surface area contributed by atoms with E-state index in [9.17, 15) is 0 Å². The van der Waals surface area contributed by atoms with Gasteiger partial charge in [0.15, 0.2) is 0 Å². The highest BCUT2D eigenvalue weighted by Gasteiger charge is 2.02. The first-order chi connectivity index (χ1) is 7.36. The zero-order valence-corrected chi connectivity index (χ0v) is 8.98. The lowest BCUT2D eigenvalue weighted by Gasteiger charge is -2.15. The number of hydrogen-bond acceptors (Lipinski definition) is 1. The number of halogens is 1. The summed E-state index contributed by atoms with van der Waals surface area (Å²) >= 11 is 6.14. The van der Waals surface area contributed by atoms with Crippen molar-refractivity contribution >= 4 is 17.5 Å². The van der Waals surface area contributed by atoms with Crippen LogP contribution in [0.5, 0.6) is 0 Å². The number of hydrogen-bond donors (Lipinski definition) is 0. The molecule has 0 bridgehead atoms. The second-order valence-electron chi connectivity index (χ2n) is 3.25. The van der Waals surface area contributed by atoms with Crippen molar-refractivity contribution < 1.29 is 0 Å². The van der Waals surface area contributed by atoms with Crippen molar-refractivity contribution in [2.75, 3.05) is 4.42 Å². The van der Waals surface area contributed by atoms with E-state index in [1.165, 1.54) is 5.56 Å². The Balaban J connectivity index is 2.08. The van der Waals surface area contributed by atoms with Crippen LogP contribution in [-0.4, -0.2) is 0 Å². The van der Waals surface area contributed by atoms with Crippen LogP contribution >= 0.6 is 11.8 Å². The van der Waals surface area contributed by atoms with E-state index in [0.29, 0.717) is 6.54 Å². The normalized spacial score (nSPS) is 9.93. The summed E-state index contributed by atoms with van der Waals surface area (Å²) in [4.78, 5) is 0. The molecule has 2 aromatic carbocycles. The molecule has 1 nitrogen and oxygen atoms in total. The molecule has 0 atom stereocenters. The average Bonchev–Trinajstić information content (AvgIpc) is 2.31. The minimum Gasteiger partial charge on any atom is -0.280 e. The standard InChI is InChI=1S/C13H11ClN/c14-15(13-9-5-2-6-10-13)11-12-7-3-1-4-8-12/h1-9H,11H2. The number of anilines is 1. The second kappa shape index (κ2) is 4.85. The summed E-state index contributed by atoms with van der Waals surface area (Å²) < 4.78 is 1.66. The summed E-state index contributed by atoms with van der Waals surface area (Å²) in [7, 11) is 0. The van der Waals surface area contributed by atoms with Crippen LogP contribution in [0, 0.1) is 6.07 Å². The van der Waals surface area contributed by atoms with Crippen LogP contribution in [0.1, 0.15) is 5.56 Å². The van der Waals surface area contributed by atoms with E-state index < -0.39 is 0 Å². The van der Waals surface area contributed by atoms with Crippen LogP contribution in [0.25, 0.3) is 0 Å². The molecule has 2 aromatic rings. The van der Waals surface area contributed by atoms with Crippen molar-refractivity contribution in [3.63, 3.8) is 0 Å². The van der Waals surface area contributed by atoms with E-state index in [2.05, 4.69) is 18.2 Å². The van der Waals surface area contributed by atoms with Gasteiger partial charge in [-0.05, 0) is 11.6 Å². The van der Waals surface area contributed by atoms with Gasteiger partial charge in [0.05, 0.1) is 12.2 Å². The molecule has 2 heteroatoms. The quantitative estimate of drug-likeness (QED) is 0.708. The van der Waals surface area contributed by atoms with Gasteiger partial charge in [0, 0.05) is 17.8 Å². The van der Waals surface area contributed by atoms with Crippen molar-refractivity contribution in [2.45, 2.75) is 6.54 Å². The number of rotatable bonds is 3. The molecule has 0 N–H and O–H groups in total. The number of benzene rings is 2. The van der Waals surface area contributed by atoms with E-state index in [1.807, 2.05) is 42.5 Å². The SMILES string of the molecule is ClN(Cc1ccccc1)c1[c]cccc1. The van der Waals surface area contributed by atoms with Gasteiger partial charge < -0.3 is 0 Å². The Morgan fingerprint density at radius 3 is 2.40 bits per heavy atom. The molecule has 0 aromatic heterocycles. The van der Waals surface area contributed by atoms with Crippen LogP contribution in [0.2, 0.25) is 0 Å². The lowest BCUT2D eigenvalue weighted by Crippen LogP contribution is -2.09. The molecule has 0 aliphatic heterocycles. The van der Waals surface area contributed by atoms with E-state index in [-0.39, 0.29) is 0 Å². The van der Waals surface area contributed by atoms with Crippen LogP contribution in [0.15, 0.2) is 54.6 Å². The summed E-state index contributed by atoms with van der Waals surface area (Å²) in [6, 6.07) is 20.9. The van der Waals surface area contributed by atoms with Crippen molar-refractivity contribution in [2.24, 2.45) is 0 Å². The lowest BCUT2D eigenvalue weighted by molar-refractivity contribution is 1.04. The molecule has 0 unspecified atom stereocenters. The van der Waals surface area contributed by atoms with E-state index >= 15 is 0 Å². The van der Waals surface area contributed by atoms with Gasteiger partial charge in [-0.25, -0.2) is 0 Å². The van der Waals surface area contributed by atoms with Gasteiger partial charge in [-0.1, -0.05) is 48.5 Å². The summed E-state index contributed by atoms with van der Waals surface area (Å²) in [6.45, 7) is 0.683. The second-order valence-corrected chi connectivity index (χ2v) is 3.66. The predicted octanol–water partition coefficient (Wildman–Crippen LogP) is 3.65. The fraction of sp³-hybridized carbons (Fsp3) is 0.0769. The Morgan fingerprint density at radius 2 is 1.73 bits per heavy atom. The van der Waals surface area contributed by atoms with Crippen LogP contribution < -0.4 is 4.42 Å². The molecular weight excluding hydrogens is 206 g/mol. The Hall–Kier alpha value is -1.47. The third-order valence-corrected chi connectivity index (χ3v) is 2.42. The predicted molar refractivity (Wildman–Crippen MR) is 63.8 cm³/mol. The summed E-state index contributed by atoms with van der Waals surface area (Å²) in [5, 5.41) is 0. The minimum atomic E-state index is 0.683. The molecular formula is C13H11ClN. The topological polar surface area (TPSA) is 3.24 Å². The van der Waals surface area contributed by atoms with E-state index in [1.54, 1.807) is 4.42 Å². The molecule has 0 fully saturated rings. The summed E-state index contributed by atoms with van der Waals surface area (Å²) in [6.07, 6.45) is 0. The Morgan fingerprint density at radius 1 is 1.00 bits per heavy atom. The molecule has 0 amide bonds. The van der Waals surface area contributed by atoms with E-state index in [0.717, 1.165) is 5.69 Å². The van der Waals surface area contributed by atoms with Crippen LogP contribution in [0.3, 0.4) is 0 Å². The van der Waals surface area contributed by atoms with Gasteiger partial charge in [0.25, 0.3) is 0 Å². The van der Waals surface area contributed by atoms with Crippen LogP contribution in [-0.2, 0) is 6.54 Å². The van der Waals surface area contributed by atoms with E-state index in [4.69, 9.17) is 11.8 Å². The van der Waals surface area contributed by atoms with Gasteiger partial charge in [0.1, 0.15) is 0 Å². The van der Waals surface area contributed by atoms with Gasteiger partial charge in [-0.15, -0.1) is 0 Å². The smallest absolute Gasteiger partial charge is 0.0606 e. The van der Waals surface area contributed by atoms with Crippen molar-refractivity contribution in [3.05, 3.63) is 66.2 Å². The molecule has 0 aliphatic rings. The highest BCUT2D eigenvalue weighted by atomic mass is 35.5. The molecule has 0 aliphatic carbocycles. The van der Waals surface area contributed by atoms with Gasteiger partial charge in [0.2, 0.25) is 0 Å². The number of nitrogens with zero attached hydrogens (tertiary/aromatic N) is 1. The fourth-order valence-corrected chi connectivity index (χ4v) is 1.61. The molecule has 1 radical (unpaired) electrons. The van der Waals surface area contributed by atoms with Crippen molar-refractivity contribution in [1.29, 1.82) is 0 Å². The maximum Gasteiger partial charge on any atom is 0.0606 e. The lowest BCUT2D eigenvalue weighted by atomic mass is 10.2. The Bertz CT molecular complexity index is 399. The first-order valence-electron chi connectivity index (χ1n) is 4.80. The number of para-hydroxylation sites is 1. The van der Waals surface area contributed by atoms with Crippen LogP contribution in [0.4, 0.5) is 5.69 Å². The maximum absolute atomic E-state index is 6.14. The third kappa shape index (κ3) is 2.74. The van der Waals surface area contributed by atoms with Gasteiger partial charge in [-0.3, -0.25) is 4.42 Å². The summed E-state index contributed by atoms with van der Waals surface area (Å²) in [5.74, 6) is 0. The molecule has 0 heterocycles. The average molecular weight is 217 g/mol. The summed E-state index contributed by atoms with van der Waals surface area (Å²) in [5.41, 5.74) is 2.08. The Labute approximate surface area is 95.0 Å². The maximum atomic E-state index is 6.14. The van der Waals surface area contributed by atoms with Gasteiger partial charge in [-0.2, -0.15) is 0 Å². The van der Waals surface area contributed by atoms with Crippen molar-refractivity contribution in [3.8, 4) is 0 Å². The monoisotopic (exact) mass is 216 g/mol. The largest absolute Gasteiger partial charge is 0.280 e. The molecule has 2 rings (SSSR count). The molecule has 75 valence electrons. The van der Waals surface area contributed by atoms with Crippen molar-refractivity contribution in [1.82, 2.24) is 0 Å². The molecule has 15 heavy (non-hydrogen) atoms. The highest BCUT2D eigenvalue weighted by Crippen LogP contribution is 2.17. The zero-order valence-electron chi connectivity index (χ0n) is 8.23. The zero-order chi connectivity index (χ0) is 10.5. The molecule has 0 spiro atoms. The third-order valence-electron chi connectivity index (χ3n) is 2.12. The first-order valence-corrected chi connectivity index (χ1v) is 5.14. The fourth-order valence-electron chi connectivity index (χ4n) is 1.36. The molecule has 0 saturated carbocycles. The van der Waals surface area contributed by atoms with Gasteiger partial charge >= 0.3 is 0 Å². The highest BCUT2D eigenvalue weighted by molar-refractivity contribution is 6.25. The Kier molecular flexibility index (Phi) is 3.25. The minimum absolute atomic E-state index is 0.683.